The highest BCUT2D eigenvalue weighted by Crippen LogP contribution is 2.22. The highest BCUT2D eigenvalue weighted by Gasteiger charge is 2.23. The number of aromatic nitrogens is 4. The van der Waals surface area contributed by atoms with Gasteiger partial charge in [-0.3, -0.25) is 0 Å². The van der Waals surface area contributed by atoms with Crippen molar-refractivity contribution in [1.29, 1.82) is 0 Å². The summed E-state index contributed by atoms with van der Waals surface area (Å²) in [6.45, 7) is 4.70. The van der Waals surface area contributed by atoms with Crippen molar-refractivity contribution in [2.24, 2.45) is 5.92 Å². The fourth-order valence-corrected chi connectivity index (χ4v) is 2.81. The molecule has 1 saturated heterocycles. The van der Waals surface area contributed by atoms with Crippen LogP contribution in [0.2, 0.25) is 0 Å². The number of rotatable bonds is 3. The van der Waals surface area contributed by atoms with Gasteiger partial charge in [-0.25, -0.2) is 15.0 Å². The van der Waals surface area contributed by atoms with E-state index >= 15 is 0 Å². The van der Waals surface area contributed by atoms with Crippen molar-refractivity contribution in [2.45, 2.75) is 0 Å². The van der Waals surface area contributed by atoms with Crippen LogP contribution in [0.25, 0.3) is 11.2 Å². The first-order valence-corrected chi connectivity index (χ1v) is 6.84. The summed E-state index contributed by atoms with van der Waals surface area (Å²) in [7, 11) is 3.91. The number of H-pyrrole nitrogens is 1. The Morgan fingerprint density at radius 3 is 3.05 bits per heavy atom. The molecule has 1 fully saturated rings. The number of hydrogen-bond acceptors (Lipinski definition) is 6. The molecule has 1 aliphatic rings. The Hall–Kier alpha value is -1.73. The number of anilines is 1. The summed E-state index contributed by atoms with van der Waals surface area (Å²) in [5, 5.41) is 0. The van der Waals surface area contributed by atoms with Crippen molar-refractivity contribution in [3.8, 4) is 0 Å². The van der Waals surface area contributed by atoms with Crippen molar-refractivity contribution >= 4 is 17.0 Å². The lowest BCUT2D eigenvalue weighted by atomic mass is 10.1. The quantitative estimate of drug-likeness (QED) is 0.873. The Kier molecular flexibility index (Phi) is 3.79. The molecule has 0 saturated carbocycles. The normalized spacial score (nSPS) is 21.3. The zero-order valence-electron chi connectivity index (χ0n) is 11.9. The molecule has 2 aromatic rings. The van der Waals surface area contributed by atoms with E-state index in [0.29, 0.717) is 5.92 Å². The van der Waals surface area contributed by atoms with Crippen molar-refractivity contribution in [3.63, 3.8) is 0 Å². The number of fused-ring (bicyclic) bond motifs is 1. The average molecular weight is 276 g/mol. The van der Waals surface area contributed by atoms with Crippen LogP contribution in [0.4, 0.5) is 5.82 Å². The molecule has 7 nitrogen and oxygen atoms in total. The van der Waals surface area contributed by atoms with Gasteiger partial charge in [0.2, 0.25) is 0 Å². The minimum atomic E-state index is 0.473. The van der Waals surface area contributed by atoms with E-state index in [2.05, 4.69) is 36.8 Å². The molecule has 2 aromatic heterocycles. The van der Waals surface area contributed by atoms with Crippen LogP contribution < -0.4 is 4.90 Å². The number of methoxy groups -OCH3 is 1. The fraction of sp³-hybridized carbons (Fsp3) is 0.615. The fourth-order valence-electron chi connectivity index (χ4n) is 2.81. The molecule has 1 unspecified atom stereocenters. The number of nitrogens with zero attached hydrogens (tertiary/aromatic N) is 5. The minimum absolute atomic E-state index is 0.473. The zero-order chi connectivity index (χ0) is 13.9. The topological polar surface area (TPSA) is 70.2 Å². The van der Waals surface area contributed by atoms with Crippen LogP contribution in [0.5, 0.6) is 0 Å². The van der Waals surface area contributed by atoms with Crippen molar-refractivity contribution in [3.05, 3.63) is 12.7 Å². The Labute approximate surface area is 118 Å². The molecule has 7 heteroatoms. The molecule has 1 atom stereocenters. The molecular weight excluding hydrogens is 256 g/mol. The van der Waals surface area contributed by atoms with E-state index in [9.17, 15) is 0 Å². The van der Waals surface area contributed by atoms with Crippen LogP contribution >= 0.6 is 0 Å². The van der Waals surface area contributed by atoms with Crippen LogP contribution in [-0.2, 0) is 4.74 Å². The van der Waals surface area contributed by atoms with Gasteiger partial charge in [-0.1, -0.05) is 0 Å². The minimum Gasteiger partial charge on any atom is -0.384 e. The molecular formula is C13H20N6O. The van der Waals surface area contributed by atoms with E-state index in [-0.39, 0.29) is 0 Å². The van der Waals surface area contributed by atoms with Gasteiger partial charge in [0.05, 0.1) is 12.9 Å². The summed E-state index contributed by atoms with van der Waals surface area (Å²) < 4.78 is 5.34. The highest BCUT2D eigenvalue weighted by atomic mass is 16.5. The van der Waals surface area contributed by atoms with Gasteiger partial charge in [-0.05, 0) is 7.05 Å². The number of nitrogens with one attached hydrogen (secondary N) is 1. The molecule has 20 heavy (non-hydrogen) atoms. The van der Waals surface area contributed by atoms with E-state index in [1.807, 2.05) is 0 Å². The van der Waals surface area contributed by atoms with Gasteiger partial charge < -0.3 is 19.5 Å². The highest BCUT2D eigenvalue weighted by molar-refractivity contribution is 5.82. The molecule has 1 aliphatic heterocycles. The van der Waals surface area contributed by atoms with Gasteiger partial charge in [-0.2, -0.15) is 0 Å². The first-order valence-electron chi connectivity index (χ1n) is 6.84. The van der Waals surface area contributed by atoms with Crippen LogP contribution in [-0.4, -0.2) is 71.8 Å². The maximum atomic E-state index is 5.34. The van der Waals surface area contributed by atoms with Crippen LogP contribution in [0.15, 0.2) is 12.7 Å². The van der Waals surface area contributed by atoms with Gasteiger partial charge in [0.1, 0.15) is 11.8 Å². The van der Waals surface area contributed by atoms with E-state index in [1.54, 1.807) is 19.8 Å². The summed E-state index contributed by atoms with van der Waals surface area (Å²) in [5.74, 6) is 1.41. The molecule has 0 aromatic carbocycles. The van der Waals surface area contributed by atoms with Crippen LogP contribution in [0.1, 0.15) is 0 Å². The molecule has 0 amide bonds. The third kappa shape index (κ3) is 2.59. The maximum Gasteiger partial charge on any atom is 0.182 e. The van der Waals surface area contributed by atoms with Crippen molar-refractivity contribution in [2.75, 3.05) is 51.8 Å². The standard InChI is InChI=1S/C13H20N6O/c1-18-3-4-19(6-10(5-18)7-20-2)13-11-12(15-8-14-11)16-9-17-13/h8-10H,3-7H2,1-2H3,(H,14,15,16,17). The van der Waals surface area contributed by atoms with Gasteiger partial charge in [0.15, 0.2) is 11.5 Å². The predicted octanol–water partition coefficient (Wildman–Crippen LogP) is 0.367. The Balaban J connectivity index is 1.89. The summed E-state index contributed by atoms with van der Waals surface area (Å²) in [4.78, 5) is 20.6. The van der Waals surface area contributed by atoms with Crippen LogP contribution in [0.3, 0.4) is 0 Å². The lowest BCUT2D eigenvalue weighted by Gasteiger charge is -2.24. The van der Waals surface area contributed by atoms with Gasteiger partial charge >= 0.3 is 0 Å². The lowest BCUT2D eigenvalue weighted by molar-refractivity contribution is 0.139. The number of aromatic amines is 1. The van der Waals surface area contributed by atoms with E-state index in [0.717, 1.165) is 49.8 Å². The Morgan fingerprint density at radius 2 is 2.20 bits per heavy atom. The van der Waals surface area contributed by atoms with Crippen molar-refractivity contribution in [1.82, 2.24) is 24.8 Å². The number of likely N-dealkylation sites (N-methyl/N-ethyl adjacent to an activating group) is 1. The third-order valence-corrected chi connectivity index (χ3v) is 3.70. The number of ether oxygens (including phenoxy) is 1. The summed E-state index contributed by atoms with van der Waals surface area (Å²) in [6, 6.07) is 0. The number of hydrogen-bond donors (Lipinski definition) is 1. The molecule has 3 heterocycles. The molecule has 1 N–H and O–H groups in total. The largest absolute Gasteiger partial charge is 0.384 e. The second-order valence-corrected chi connectivity index (χ2v) is 5.33. The summed E-state index contributed by atoms with van der Waals surface area (Å²) >= 11 is 0. The van der Waals surface area contributed by atoms with E-state index in [1.165, 1.54) is 0 Å². The summed E-state index contributed by atoms with van der Waals surface area (Å²) in [6.07, 6.45) is 3.25. The van der Waals surface area contributed by atoms with Crippen molar-refractivity contribution < 1.29 is 4.74 Å². The summed E-state index contributed by atoms with van der Waals surface area (Å²) in [5.41, 5.74) is 1.63. The van der Waals surface area contributed by atoms with Gasteiger partial charge in [0, 0.05) is 39.2 Å². The molecule has 0 aliphatic carbocycles. The second kappa shape index (κ2) is 5.72. The third-order valence-electron chi connectivity index (χ3n) is 3.70. The lowest BCUT2D eigenvalue weighted by Crippen LogP contribution is -2.32. The molecule has 3 rings (SSSR count). The average Bonchev–Trinajstić information content (AvgIpc) is 2.84. The second-order valence-electron chi connectivity index (χ2n) is 5.33. The molecule has 0 radical (unpaired) electrons. The van der Waals surface area contributed by atoms with Crippen LogP contribution in [0, 0.1) is 5.92 Å². The SMILES string of the molecule is COCC1CN(C)CCN(c2ncnc3nc[nH]c23)C1. The predicted molar refractivity (Wildman–Crippen MR) is 76.8 cm³/mol. The van der Waals surface area contributed by atoms with E-state index in [4.69, 9.17) is 4.74 Å². The molecule has 108 valence electrons. The first-order chi connectivity index (χ1) is 9.78. The smallest absolute Gasteiger partial charge is 0.182 e. The first kappa shape index (κ1) is 13.3. The zero-order valence-corrected chi connectivity index (χ0v) is 11.9. The molecule has 0 spiro atoms. The Bertz CT molecular complexity index is 571. The van der Waals surface area contributed by atoms with Gasteiger partial charge in [-0.15, -0.1) is 0 Å². The monoisotopic (exact) mass is 276 g/mol. The number of imidazole rings is 1. The molecule has 0 bridgehead atoms. The Morgan fingerprint density at radius 1 is 1.30 bits per heavy atom. The maximum absolute atomic E-state index is 5.34. The van der Waals surface area contributed by atoms with Gasteiger partial charge in [0.25, 0.3) is 0 Å². The van der Waals surface area contributed by atoms with E-state index < -0.39 is 0 Å².